The number of halogens is 2. The van der Waals surface area contributed by atoms with Gasteiger partial charge >= 0.3 is 0 Å². The maximum Gasteiger partial charge on any atom is 0.220 e. The van der Waals surface area contributed by atoms with Crippen LogP contribution >= 0.6 is 23.2 Å². The third kappa shape index (κ3) is 7.04. The van der Waals surface area contributed by atoms with Gasteiger partial charge in [0.25, 0.3) is 0 Å². The number of benzene rings is 2. The minimum Gasteiger partial charge on any atom is -0.481 e. The van der Waals surface area contributed by atoms with Gasteiger partial charge in [-0.05, 0) is 31.0 Å². The first-order valence-corrected chi connectivity index (χ1v) is 17.5. The van der Waals surface area contributed by atoms with E-state index in [1.54, 1.807) is 7.11 Å². The molecule has 11 nitrogen and oxygen atoms in total. The molecule has 0 spiro atoms. The van der Waals surface area contributed by atoms with Gasteiger partial charge in [-0.15, -0.1) is 0 Å². The molecule has 7 rings (SSSR count). The zero-order chi connectivity index (χ0) is 34.8. The molecule has 2 atom stereocenters. The Labute approximate surface area is 300 Å². The molecule has 3 aromatic heterocycles. The first-order valence-electron chi connectivity index (χ1n) is 16.7. The normalized spacial score (nSPS) is 17.4. The number of rotatable bonds is 12. The van der Waals surface area contributed by atoms with Crippen LogP contribution in [0.4, 0.5) is 0 Å². The summed E-state index contributed by atoms with van der Waals surface area (Å²) in [6.45, 7) is 2.48. The van der Waals surface area contributed by atoms with Crippen molar-refractivity contribution in [1.29, 1.82) is 0 Å². The van der Waals surface area contributed by atoms with E-state index in [0.29, 0.717) is 72.0 Å². The van der Waals surface area contributed by atoms with Gasteiger partial charge in [0, 0.05) is 79.4 Å². The van der Waals surface area contributed by atoms with E-state index in [2.05, 4.69) is 21.3 Å². The number of nitrogens with zero attached hydrogens (tertiary/aromatic N) is 4. The molecule has 2 saturated heterocycles. The third-order valence-corrected chi connectivity index (χ3v) is 10.2. The molecule has 13 heteroatoms. The lowest BCUT2D eigenvalue weighted by molar-refractivity contribution is -0.120. The summed E-state index contributed by atoms with van der Waals surface area (Å²) in [5.41, 5.74) is 6.88. The summed E-state index contributed by atoms with van der Waals surface area (Å²) in [6.07, 6.45) is 2.83. The molecule has 2 aliphatic heterocycles. The van der Waals surface area contributed by atoms with Crippen molar-refractivity contribution in [2.24, 2.45) is 7.05 Å². The van der Waals surface area contributed by atoms with Crippen LogP contribution in [0, 0.1) is 0 Å². The van der Waals surface area contributed by atoms with Gasteiger partial charge in [-0.2, -0.15) is 0 Å². The molecule has 258 valence electrons. The van der Waals surface area contributed by atoms with Gasteiger partial charge in [0.15, 0.2) is 5.65 Å². The number of methoxy groups -OCH3 is 1. The average Bonchev–Trinajstić information content (AvgIpc) is 3.82. The number of nitrogens with one attached hydrogen (secondary N) is 4. The molecular formula is C37H38Cl2N8O3. The molecule has 50 heavy (non-hydrogen) atoms. The second kappa shape index (κ2) is 14.7. The monoisotopic (exact) mass is 712 g/mol. The van der Waals surface area contributed by atoms with E-state index in [0.717, 1.165) is 52.0 Å². The number of imidazole rings is 1. The highest BCUT2D eigenvalue weighted by atomic mass is 35.5. The maximum atomic E-state index is 11.5. The number of carbonyl (C=O) groups excluding carboxylic acids is 2. The minimum absolute atomic E-state index is 0.0994. The van der Waals surface area contributed by atoms with Crippen LogP contribution < -0.4 is 26.0 Å². The number of amides is 2. The minimum atomic E-state index is 0.0994. The Morgan fingerprint density at radius 2 is 1.32 bits per heavy atom. The molecule has 2 fully saturated rings. The van der Waals surface area contributed by atoms with E-state index in [1.165, 1.54) is 0 Å². The van der Waals surface area contributed by atoms with Gasteiger partial charge in [-0.1, -0.05) is 65.7 Å². The zero-order valence-corrected chi connectivity index (χ0v) is 29.4. The van der Waals surface area contributed by atoms with Crippen molar-refractivity contribution in [2.75, 3.05) is 20.2 Å². The summed E-state index contributed by atoms with van der Waals surface area (Å²) >= 11 is 14.2. The van der Waals surface area contributed by atoms with E-state index in [1.807, 2.05) is 72.3 Å². The summed E-state index contributed by atoms with van der Waals surface area (Å²) < 4.78 is 7.68. The number of hydrogen-bond acceptors (Lipinski definition) is 8. The number of fused-ring (bicyclic) bond motifs is 1. The van der Waals surface area contributed by atoms with Crippen molar-refractivity contribution < 1.29 is 14.3 Å². The first kappa shape index (κ1) is 33.9. The number of pyridine rings is 2. The van der Waals surface area contributed by atoms with Gasteiger partial charge in [0.05, 0.1) is 40.6 Å². The van der Waals surface area contributed by atoms with Crippen molar-refractivity contribution in [3.8, 4) is 39.5 Å². The van der Waals surface area contributed by atoms with Crippen LogP contribution in [0.3, 0.4) is 0 Å². The van der Waals surface area contributed by atoms with Crippen molar-refractivity contribution in [2.45, 2.75) is 50.9 Å². The van der Waals surface area contributed by atoms with Gasteiger partial charge in [-0.3, -0.25) is 9.59 Å². The Bertz CT molecular complexity index is 2080. The second-order valence-corrected chi connectivity index (χ2v) is 13.4. The number of carbonyl (C=O) groups is 2. The second-order valence-electron chi connectivity index (χ2n) is 12.7. The fourth-order valence-corrected chi connectivity index (χ4v) is 7.29. The summed E-state index contributed by atoms with van der Waals surface area (Å²) in [4.78, 5) is 37.5. The fourth-order valence-electron chi connectivity index (χ4n) is 6.64. The predicted molar refractivity (Wildman–Crippen MR) is 195 cm³/mol. The number of aromatic nitrogens is 4. The molecule has 0 aliphatic carbocycles. The molecule has 0 radical (unpaired) electrons. The van der Waals surface area contributed by atoms with Gasteiger partial charge in [-0.25, -0.2) is 15.0 Å². The van der Waals surface area contributed by atoms with E-state index >= 15 is 0 Å². The number of hydrogen-bond donors (Lipinski definition) is 4. The maximum absolute atomic E-state index is 11.5. The highest BCUT2D eigenvalue weighted by Gasteiger charge is 2.22. The number of ether oxygens (including phenoxy) is 1. The van der Waals surface area contributed by atoms with Crippen LogP contribution in [0.1, 0.15) is 37.1 Å². The lowest BCUT2D eigenvalue weighted by atomic mass is 9.98. The Hall–Kier alpha value is -4.55. The number of aryl methyl sites for hydroxylation is 1. The quantitative estimate of drug-likeness (QED) is 0.135. The summed E-state index contributed by atoms with van der Waals surface area (Å²) in [5, 5.41) is 13.8. The molecule has 5 aromatic rings. The highest BCUT2D eigenvalue weighted by molar-refractivity contribution is 6.39. The van der Waals surface area contributed by atoms with Crippen molar-refractivity contribution >= 4 is 46.2 Å². The Kier molecular flexibility index (Phi) is 10.0. The molecule has 2 amide bonds. The van der Waals surface area contributed by atoms with Crippen LogP contribution in [0.15, 0.2) is 60.7 Å². The molecule has 2 aromatic carbocycles. The van der Waals surface area contributed by atoms with Crippen molar-refractivity contribution in [3.63, 3.8) is 0 Å². The Morgan fingerprint density at radius 1 is 0.760 bits per heavy atom. The zero-order valence-electron chi connectivity index (χ0n) is 27.9. The smallest absolute Gasteiger partial charge is 0.220 e. The van der Waals surface area contributed by atoms with Gasteiger partial charge < -0.3 is 30.6 Å². The molecule has 2 aliphatic rings. The summed E-state index contributed by atoms with van der Waals surface area (Å²) in [7, 11) is 3.57. The lowest BCUT2D eigenvalue weighted by Gasteiger charge is -2.15. The van der Waals surface area contributed by atoms with Gasteiger partial charge in [0.2, 0.25) is 17.7 Å². The van der Waals surface area contributed by atoms with Crippen LogP contribution in [0.5, 0.6) is 5.88 Å². The third-order valence-electron chi connectivity index (χ3n) is 9.36. The van der Waals surface area contributed by atoms with E-state index in [4.69, 9.17) is 42.9 Å². The average molecular weight is 714 g/mol. The van der Waals surface area contributed by atoms with Crippen LogP contribution in [-0.4, -0.2) is 63.6 Å². The lowest BCUT2D eigenvalue weighted by Crippen LogP contribution is -2.35. The van der Waals surface area contributed by atoms with Gasteiger partial charge in [0.1, 0.15) is 5.82 Å². The predicted octanol–water partition coefficient (Wildman–Crippen LogP) is 5.42. The summed E-state index contributed by atoms with van der Waals surface area (Å²) in [5.74, 6) is 1.56. The summed E-state index contributed by atoms with van der Waals surface area (Å²) in [6, 6.07) is 19.8. The molecular weight excluding hydrogens is 675 g/mol. The van der Waals surface area contributed by atoms with E-state index in [9.17, 15) is 9.59 Å². The molecule has 0 unspecified atom stereocenters. The Morgan fingerprint density at radius 3 is 1.90 bits per heavy atom. The first-order chi connectivity index (χ1) is 24.3. The molecule has 0 bridgehead atoms. The molecule has 5 heterocycles. The topological polar surface area (TPSA) is 135 Å². The molecule has 4 N–H and O–H groups in total. The Balaban J connectivity index is 1.10. The van der Waals surface area contributed by atoms with Crippen molar-refractivity contribution in [1.82, 2.24) is 40.8 Å². The SMILES string of the molecule is COc1nc(-c2cccc(-c3cccc(-c4ccc5c(n4)nc(CNC[C@@H]4CCC(=O)N4)n5C)c3Cl)c2Cl)ccc1CNC[C@@H]1CCC(=O)N1. The van der Waals surface area contributed by atoms with Crippen molar-refractivity contribution in [3.05, 3.63) is 82.1 Å². The van der Waals surface area contributed by atoms with Crippen LogP contribution in [-0.2, 0) is 29.7 Å². The van der Waals surface area contributed by atoms with Crippen LogP contribution in [0.2, 0.25) is 10.0 Å². The fraction of sp³-hybridized carbons (Fsp3) is 0.324. The largest absolute Gasteiger partial charge is 0.481 e. The van der Waals surface area contributed by atoms with E-state index in [-0.39, 0.29) is 23.9 Å². The van der Waals surface area contributed by atoms with E-state index < -0.39 is 0 Å². The van der Waals surface area contributed by atoms with Crippen LogP contribution in [0.25, 0.3) is 44.8 Å². The molecule has 0 saturated carbocycles. The standard InChI is InChI=1S/C37H38Cl2N8O3/c1-47-30-14-13-28(44-36(30)46-31(47)20-41-19-23-11-16-33(49)43-23)26-7-3-5-24(34(26)38)25-6-4-8-27(35(25)39)29-12-9-21(37(45-29)50-2)17-40-18-22-10-15-32(48)42-22/h3-9,12-14,22-23,40-41H,10-11,15-20H2,1-2H3,(H,42,48)(H,43,49)/t22-,23-/m0/s1. The highest BCUT2D eigenvalue weighted by Crippen LogP contribution is 2.42.